The van der Waals surface area contributed by atoms with Crippen LogP contribution in [0.4, 0.5) is 0 Å². The van der Waals surface area contributed by atoms with Crippen LogP contribution in [0.25, 0.3) is 10.6 Å². The first-order chi connectivity index (χ1) is 8.35. The molecule has 98 valence electrons. The molecule has 0 saturated carbocycles. The van der Waals surface area contributed by atoms with Crippen LogP contribution in [0.5, 0.6) is 0 Å². The number of nitrogens with one attached hydrogen (secondary N) is 1. The molecular weight excluding hydrogens is 380 g/mol. The van der Waals surface area contributed by atoms with E-state index in [4.69, 9.17) is 4.42 Å². The smallest absolute Gasteiger partial charge is 0.208 e. The lowest BCUT2D eigenvalue weighted by Crippen LogP contribution is -2.35. The van der Waals surface area contributed by atoms with E-state index >= 15 is 0 Å². The number of nitrogens with zero attached hydrogens (tertiary/aromatic N) is 1. The first-order valence-electron chi connectivity index (χ1n) is 5.50. The van der Waals surface area contributed by atoms with Crippen molar-refractivity contribution >= 4 is 43.2 Å². The van der Waals surface area contributed by atoms with E-state index in [1.807, 2.05) is 6.07 Å². The van der Waals surface area contributed by atoms with Gasteiger partial charge in [0.05, 0.1) is 21.4 Å². The van der Waals surface area contributed by atoms with E-state index in [0.29, 0.717) is 12.4 Å². The van der Waals surface area contributed by atoms with Gasteiger partial charge in [0.2, 0.25) is 5.89 Å². The molecule has 2 rings (SSSR count). The van der Waals surface area contributed by atoms with E-state index < -0.39 is 0 Å². The van der Waals surface area contributed by atoms with Gasteiger partial charge in [0.15, 0.2) is 5.76 Å². The van der Waals surface area contributed by atoms with Crippen LogP contribution < -0.4 is 5.32 Å². The summed E-state index contributed by atoms with van der Waals surface area (Å²) in [7, 11) is 0. The van der Waals surface area contributed by atoms with Crippen LogP contribution in [0.2, 0.25) is 0 Å². The van der Waals surface area contributed by atoms with Crippen molar-refractivity contribution in [1.29, 1.82) is 0 Å². The van der Waals surface area contributed by atoms with Gasteiger partial charge in [0.1, 0.15) is 0 Å². The van der Waals surface area contributed by atoms with Crippen LogP contribution in [-0.2, 0) is 6.54 Å². The van der Waals surface area contributed by atoms with Crippen LogP contribution in [0.1, 0.15) is 26.7 Å². The van der Waals surface area contributed by atoms with Crippen molar-refractivity contribution in [3.05, 3.63) is 26.4 Å². The molecule has 0 aromatic carbocycles. The van der Waals surface area contributed by atoms with E-state index in [1.165, 1.54) is 0 Å². The lowest BCUT2D eigenvalue weighted by molar-refractivity contribution is 0.384. The fraction of sp³-hybridized carbons (Fsp3) is 0.417. The van der Waals surface area contributed by atoms with Gasteiger partial charge in [-0.2, -0.15) is 0 Å². The number of rotatable bonds is 3. The molecule has 0 unspecified atom stereocenters. The zero-order valence-corrected chi connectivity index (χ0v) is 14.4. The molecule has 0 fully saturated rings. The molecular formula is C12H14Br2N2OS. The second kappa shape index (κ2) is 5.45. The third kappa shape index (κ3) is 3.66. The number of aromatic nitrogens is 1. The van der Waals surface area contributed by atoms with Crippen molar-refractivity contribution < 1.29 is 4.42 Å². The zero-order chi connectivity index (χ0) is 13.3. The maximum atomic E-state index is 5.73. The largest absolute Gasteiger partial charge is 0.438 e. The Morgan fingerprint density at radius 2 is 2.11 bits per heavy atom. The van der Waals surface area contributed by atoms with Gasteiger partial charge in [-0.15, -0.1) is 11.3 Å². The highest BCUT2D eigenvalue weighted by atomic mass is 79.9. The summed E-state index contributed by atoms with van der Waals surface area (Å²) < 4.78 is 7.82. The molecule has 2 aromatic rings. The third-order valence-corrected chi connectivity index (χ3v) is 5.48. The minimum atomic E-state index is 0.0591. The topological polar surface area (TPSA) is 38.1 Å². The van der Waals surface area contributed by atoms with E-state index in [9.17, 15) is 0 Å². The van der Waals surface area contributed by atoms with Gasteiger partial charge in [-0.1, -0.05) is 0 Å². The van der Waals surface area contributed by atoms with Crippen LogP contribution >= 0.6 is 43.2 Å². The Kier molecular flexibility index (Phi) is 4.31. The summed E-state index contributed by atoms with van der Waals surface area (Å²) in [4.78, 5) is 5.34. The molecule has 6 heteroatoms. The predicted molar refractivity (Wildman–Crippen MR) is 81.8 cm³/mol. The Morgan fingerprint density at radius 1 is 1.39 bits per heavy atom. The molecule has 2 heterocycles. The van der Waals surface area contributed by atoms with Gasteiger partial charge in [-0.3, -0.25) is 0 Å². The molecule has 2 aromatic heterocycles. The highest BCUT2D eigenvalue weighted by Gasteiger charge is 2.14. The number of hydrogen-bond acceptors (Lipinski definition) is 4. The summed E-state index contributed by atoms with van der Waals surface area (Å²) >= 11 is 8.56. The highest BCUT2D eigenvalue weighted by molar-refractivity contribution is 9.13. The first-order valence-corrected chi connectivity index (χ1v) is 7.90. The number of hydrogen-bond donors (Lipinski definition) is 1. The third-order valence-electron chi connectivity index (χ3n) is 2.21. The Balaban J connectivity index is 2.11. The number of thiophene rings is 1. The molecule has 0 spiro atoms. The second-order valence-electron chi connectivity index (χ2n) is 4.95. The lowest BCUT2D eigenvalue weighted by atomic mass is 10.1. The normalized spacial score (nSPS) is 12.1. The molecule has 18 heavy (non-hydrogen) atoms. The van der Waals surface area contributed by atoms with Gasteiger partial charge in [-0.05, 0) is 58.7 Å². The van der Waals surface area contributed by atoms with Crippen molar-refractivity contribution in [3.63, 3.8) is 0 Å². The molecule has 0 amide bonds. The molecule has 0 radical (unpaired) electrons. The van der Waals surface area contributed by atoms with E-state index in [2.05, 4.69) is 62.9 Å². The average molecular weight is 394 g/mol. The summed E-state index contributed by atoms with van der Waals surface area (Å²) in [5.74, 6) is 1.51. The molecule has 0 aliphatic rings. The number of halogens is 2. The summed E-state index contributed by atoms with van der Waals surface area (Å²) in [5.41, 5.74) is 0.0591. The maximum absolute atomic E-state index is 5.73. The first kappa shape index (κ1) is 14.2. The van der Waals surface area contributed by atoms with E-state index in [1.54, 1.807) is 17.5 Å². The molecule has 0 atom stereocenters. The van der Waals surface area contributed by atoms with Crippen LogP contribution in [-0.4, -0.2) is 10.5 Å². The van der Waals surface area contributed by atoms with Crippen LogP contribution in [0.3, 0.4) is 0 Å². The van der Waals surface area contributed by atoms with E-state index in [0.717, 1.165) is 18.9 Å². The SMILES string of the molecule is CC(C)(C)NCc1ncc(-c2cc(Br)c(Br)s2)o1. The molecule has 0 aliphatic heterocycles. The Labute approximate surface area is 127 Å². The van der Waals surface area contributed by atoms with Gasteiger partial charge >= 0.3 is 0 Å². The average Bonchev–Trinajstić information content (AvgIpc) is 2.83. The van der Waals surface area contributed by atoms with Crippen LogP contribution in [0.15, 0.2) is 24.9 Å². The number of oxazole rings is 1. The van der Waals surface area contributed by atoms with Crippen molar-refractivity contribution in [2.75, 3.05) is 0 Å². The van der Waals surface area contributed by atoms with Crippen LogP contribution in [0, 0.1) is 0 Å². The van der Waals surface area contributed by atoms with Gasteiger partial charge in [0.25, 0.3) is 0 Å². The minimum Gasteiger partial charge on any atom is -0.438 e. The second-order valence-corrected chi connectivity index (χ2v) is 8.18. The molecule has 3 nitrogen and oxygen atoms in total. The Morgan fingerprint density at radius 3 is 2.67 bits per heavy atom. The maximum Gasteiger partial charge on any atom is 0.208 e. The van der Waals surface area contributed by atoms with Crippen molar-refractivity contribution in [2.24, 2.45) is 0 Å². The zero-order valence-electron chi connectivity index (χ0n) is 10.4. The van der Waals surface area contributed by atoms with Crippen molar-refractivity contribution in [3.8, 4) is 10.6 Å². The standard InChI is InChI=1S/C12H14Br2N2OS/c1-12(2,3)16-6-10-15-5-8(17-10)9-4-7(13)11(14)18-9/h4-5,16H,6H2,1-3H3. The molecule has 1 N–H and O–H groups in total. The summed E-state index contributed by atoms with van der Waals surface area (Å²) in [6, 6.07) is 2.02. The minimum absolute atomic E-state index is 0.0591. The Bertz CT molecular complexity index is 523. The molecule has 0 saturated heterocycles. The Hall–Kier alpha value is -0.170. The molecule has 0 aliphatic carbocycles. The van der Waals surface area contributed by atoms with Gasteiger partial charge < -0.3 is 9.73 Å². The van der Waals surface area contributed by atoms with Gasteiger partial charge in [-0.25, -0.2) is 4.98 Å². The lowest BCUT2D eigenvalue weighted by Gasteiger charge is -2.18. The predicted octanol–water partition coefficient (Wildman–Crippen LogP) is 4.82. The monoisotopic (exact) mass is 392 g/mol. The quantitative estimate of drug-likeness (QED) is 0.812. The molecule has 0 bridgehead atoms. The summed E-state index contributed by atoms with van der Waals surface area (Å²) in [6.45, 7) is 6.98. The fourth-order valence-corrected chi connectivity index (χ4v) is 3.30. The van der Waals surface area contributed by atoms with Gasteiger partial charge in [0, 0.05) is 10.0 Å². The summed E-state index contributed by atoms with van der Waals surface area (Å²) in [5, 5.41) is 3.35. The van der Waals surface area contributed by atoms with Crippen molar-refractivity contribution in [1.82, 2.24) is 10.3 Å². The highest BCUT2D eigenvalue weighted by Crippen LogP contribution is 2.38. The van der Waals surface area contributed by atoms with Crippen molar-refractivity contribution in [2.45, 2.75) is 32.9 Å². The fourth-order valence-electron chi connectivity index (χ4n) is 1.31. The summed E-state index contributed by atoms with van der Waals surface area (Å²) in [6.07, 6.45) is 1.77. The van der Waals surface area contributed by atoms with E-state index in [-0.39, 0.29) is 5.54 Å².